The van der Waals surface area contributed by atoms with Gasteiger partial charge in [-0.25, -0.2) is 0 Å². The van der Waals surface area contributed by atoms with Crippen LogP contribution in [0.5, 0.6) is 5.75 Å². The molecule has 0 aliphatic carbocycles. The molecule has 1 spiro atoms. The van der Waals surface area contributed by atoms with Crippen LogP contribution in [0.15, 0.2) is 24.3 Å². The van der Waals surface area contributed by atoms with E-state index in [1.165, 1.54) is 6.42 Å². The summed E-state index contributed by atoms with van der Waals surface area (Å²) in [5.74, 6) is 1.46. The minimum absolute atomic E-state index is 0.0188. The van der Waals surface area contributed by atoms with Crippen LogP contribution in [0.2, 0.25) is 0 Å². The molecule has 3 rings (SSSR count). The first-order valence-electron chi connectivity index (χ1n) is 8.37. The number of amides is 1. The Bertz CT molecular complexity index is 534. The third-order valence-electron chi connectivity index (χ3n) is 4.82. The molecule has 1 aromatic carbocycles. The van der Waals surface area contributed by atoms with E-state index in [4.69, 9.17) is 4.74 Å². The largest absolute Gasteiger partial charge is 0.485 e. The number of piperidine rings is 1. The van der Waals surface area contributed by atoms with E-state index in [1.807, 2.05) is 24.3 Å². The molecular weight excluding hydrogens is 276 g/mol. The molecule has 0 atom stereocenters. The van der Waals surface area contributed by atoms with Crippen molar-refractivity contribution in [2.45, 2.75) is 38.7 Å². The summed E-state index contributed by atoms with van der Waals surface area (Å²) in [5.41, 5.74) is 0.415. The molecule has 1 amide bonds. The zero-order valence-electron chi connectivity index (χ0n) is 13.6. The van der Waals surface area contributed by atoms with Gasteiger partial charge in [0.05, 0.1) is 12.1 Å². The molecule has 1 fully saturated rings. The summed E-state index contributed by atoms with van der Waals surface area (Å²) in [6.07, 6.45) is 3.19. The van der Waals surface area contributed by atoms with Crippen molar-refractivity contribution < 1.29 is 9.53 Å². The van der Waals surface area contributed by atoms with Crippen molar-refractivity contribution in [2.24, 2.45) is 5.92 Å². The van der Waals surface area contributed by atoms with Crippen LogP contribution in [0.25, 0.3) is 0 Å². The predicted octanol–water partition coefficient (Wildman–Crippen LogP) is 2.69. The molecule has 4 heteroatoms. The van der Waals surface area contributed by atoms with Crippen molar-refractivity contribution in [3.05, 3.63) is 29.8 Å². The van der Waals surface area contributed by atoms with E-state index in [2.05, 4.69) is 24.1 Å². The summed E-state index contributed by atoms with van der Waals surface area (Å²) in [7, 11) is 0. The zero-order chi connectivity index (χ0) is 15.6. The molecule has 1 saturated heterocycles. The molecule has 4 nitrogen and oxygen atoms in total. The molecule has 0 radical (unpaired) electrons. The fourth-order valence-corrected chi connectivity index (χ4v) is 3.25. The summed E-state index contributed by atoms with van der Waals surface area (Å²) in [5, 5.41) is 3.04. The number of likely N-dealkylation sites (tertiary alicyclic amines) is 1. The highest BCUT2D eigenvalue weighted by atomic mass is 16.5. The summed E-state index contributed by atoms with van der Waals surface area (Å²) in [6.45, 7) is 8.41. The van der Waals surface area contributed by atoms with Gasteiger partial charge in [-0.3, -0.25) is 4.79 Å². The number of carbonyl (C=O) groups excluding carboxylic acids is 1. The Morgan fingerprint density at radius 1 is 1.27 bits per heavy atom. The average molecular weight is 302 g/mol. The van der Waals surface area contributed by atoms with Gasteiger partial charge in [0, 0.05) is 25.9 Å². The highest BCUT2D eigenvalue weighted by Crippen LogP contribution is 2.32. The van der Waals surface area contributed by atoms with E-state index < -0.39 is 0 Å². The van der Waals surface area contributed by atoms with E-state index in [0.717, 1.165) is 44.1 Å². The summed E-state index contributed by atoms with van der Waals surface area (Å²) in [4.78, 5) is 14.7. The highest BCUT2D eigenvalue weighted by molar-refractivity contribution is 5.97. The van der Waals surface area contributed by atoms with Crippen LogP contribution in [0.4, 0.5) is 0 Å². The Balaban J connectivity index is 1.67. The standard InChI is InChI=1S/C18H26N2O2/c1-14(2)7-10-20-11-8-18(9-12-20)13-19-17(21)15-5-3-4-6-16(15)22-18/h3-6,14H,7-13H2,1-2H3,(H,19,21). The fraction of sp³-hybridized carbons (Fsp3) is 0.611. The number of fused-ring (bicyclic) bond motifs is 1. The molecule has 120 valence electrons. The van der Waals surface area contributed by atoms with Gasteiger partial charge in [-0.05, 0) is 31.0 Å². The van der Waals surface area contributed by atoms with Gasteiger partial charge >= 0.3 is 0 Å². The van der Waals surface area contributed by atoms with E-state index in [9.17, 15) is 4.79 Å². The maximum atomic E-state index is 12.2. The number of nitrogens with zero attached hydrogens (tertiary/aromatic N) is 1. The Hall–Kier alpha value is -1.55. The zero-order valence-corrected chi connectivity index (χ0v) is 13.6. The molecule has 1 aromatic rings. The smallest absolute Gasteiger partial charge is 0.255 e. The first-order valence-corrected chi connectivity index (χ1v) is 8.37. The number of ether oxygens (including phenoxy) is 1. The van der Waals surface area contributed by atoms with Crippen molar-refractivity contribution in [2.75, 3.05) is 26.2 Å². The molecule has 0 bridgehead atoms. The summed E-state index contributed by atoms with van der Waals surface area (Å²) < 4.78 is 6.32. The summed E-state index contributed by atoms with van der Waals surface area (Å²) in [6, 6.07) is 7.56. The number of nitrogens with one attached hydrogen (secondary N) is 1. The van der Waals surface area contributed by atoms with E-state index >= 15 is 0 Å². The molecule has 2 aliphatic heterocycles. The van der Waals surface area contributed by atoms with Gasteiger partial charge in [0.25, 0.3) is 5.91 Å². The van der Waals surface area contributed by atoms with Crippen LogP contribution in [0.1, 0.15) is 43.5 Å². The second-order valence-electron chi connectivity index (χ2n) is 6.99. The minimum atomic E-state index is -0.239. The van der Waals surface area contributed by atoms with Crippen LogP contribution in [-0.4, -0.2) is 42.6 Å². The minimum Gasteiger partial charge on any atom is -0.485 e. The highest BCUT2D eigenvalue weighted by Gasteiger charge is 2.39. The second kappa shape index (κ2) is 6.29. The topological polar surface area (TPSA) is 41.6 Å². The Labute approximate surface area is 132 Å². The maximum Gasteiger partial charge on any atom is 0.255 e. The second-order valence-corrected chi connectivity index (χ2v) is 6.99. The van der Waals surface area contributed by atoms with Crippen LogP contribution in [-0.2, 0) is 0 Å². The molecular formula is C18H26N2O2. The van der Waals surface area contributed by atoms with Crippen LogP contribution in [0, 0.1) is 5.92 Å². The third-order valence-corrected chi connectivity index (χ3v) is 4.82. The quantitative estimate of drug-likeness (QED) is 0.933. The lowest BCUT2D eigenvalue weighted by Gasteiger charge is -2.41. The molecule has 0 unspecified atom stereocenters. The molecule has 1 N–H and O–H groups in total. The van der Waals surface area contributed by atoms with E-state index in [-0.39, 0.29) is 11.5 Å². The number of hydrogen-bond donors (Lipinski definition) is 1. The number of benzene rings is 1. The molecule has 0 aromatic heterocycles. The lowest BCUT2D eigenvalue weighted by atomic mass is 9.90. The van der Waals surface area contributed by atoms with Gasteiger partial charge in [-0.1, -0.05) is 26.0 Å². The number of hydrogen-bond acceptors (Lipinski definition) is 3. The van der Waals surface area contributed by atoms with Crippen LogP contribution in [0.3, 0.4) is 0 Å². The Kier molecular flexibility index (Phi) is 4.39. The van der Waals surface area contributed by atoms with Gasteiger partial charge in [0.2, 0.25) is 0 Å². The monoisotopic (exact) mass is 302 g/mol. The van der Waals surface area contributed by atoms with Crippen LogP contribution >= 0.6 is 0 Å². The van der Waals surface area contributed by atoms with Crippen molar-refractivity contribution in [3.8, 4) is 5.75 Å². The number of rotatable bonds is 3. The fourth-order valence-electron chi connectivity index (χ4n) is 3.25. The molecule has 22 heavy (non-hydrogen) atoms. The average Bonchev–Trinajstić information content (AvgIpc) is 2.65. The van der Waals surface area contributed by atoms with E-state index in [1.54, 1.807) is 0 Å². The first-order chi connectivity index (χ1) is 10.6. The predicted molar refractivity (Wildman–Crippen MR) is 87.3 cm³/mol. The van der Waals surface area contributed by atoms with Crippen molar-refractivity contribution in [1.82, 2.24) is 10.2 Å². The first kappa shape index (κ1) is 15.3. The van der Waals surface area contributed by atoms with Gasteiger partial charge in [-0.15, -0.1) is 0 Å². The Morgan fingerprint density at radius 3 is 2.73 bits per heavy atom. The lowest BCUT2D eigenvalue weighted by molar-refractivity contribution is 0.00519. The molecule has 2 aliphatic rings. The van der Waals surface area contributed by atoms with Crippen molar-refractivity contribution in [1.29, 1.82) is 0 Å². The number of carbonyl (C=O) groups is 1. The van der Waals surface area contributed by atoms with Crippen LogP contribution < -0.4 is 10.1 Å². The normalized spacial score (nSPS) is 21.1. The maximum absolute atomic E-state index is 12.2. The SMILES string of the molecule is CC(C)CCN1CCC2(CC1)CNC(=O)c1ccccc1O2. The molecule has 2 heterocycles. The van der Waals surface area contributed by atoms with Crippen molar-refractivity contribution in [3.63, 3.8) is 0 Å². The van der Waals surface area contributed by atoms with Gasteiger partial charge in [-0.2, -0.15) is 0 Å². The van der Waals surface area contributed by atoms with Gasteiger partial charge in [0.15, 0.2) is 0 Å². The third kappa shape index (κ3) is 3.27. The van der Waals surface area contributed by atoms with Crippen molar-refractivity contribution >= 4 is 5.91 Å². The van der Waals surface area contributed by atoms with E-state index in [0.29, 0.717) is 12.1 Å². The molecule has 0 saturated carbocycles. The Morgan fingerprint density at radius 2 is 2.00 bits per heavy atom. The summed E-state index contributed by atoms with van der Waals surface area (Å²) >= 11 is 0. The lowest BCUT2D eigenvalue weighted by Crippen LogP contribution is -2.53. The number of para-hydroxylation sites is 1. The van der Waals surface area contributed by atoms with Gasteiger partial charge in [0.1, 0.15) is 11.4 Å². The van der Waals surface area contributed by atoms with Gasteiger partial charge < -0.3 is 15.0 Å².